The lowest BCUT2D eigenvalue weighted by Gasteiger charge is -2.28. The molecule has 0 aromatic heterocycles. The van der Waals surface area contributed by atoms with Crippen molar-refractivity contribution in [3.63, 3.8) is 0 Å². The highest BCUT2D eigenvalue weighted by molar-refractivity contribution is 5.42. The van der Waals surface area contributed by atoms with Crippen molar-refractivity contribution in [2.24, 2.45) is 5.92 Å². The molecule has 1 aromatic rings. The van der Waals surface area contributed by atoms with Gasteiger partial charge in [-0.05, 0) is 44.6 Å². The number of ether oxygens (including phenoxy) is 2. The van der Waals surface area contributed by atoms with Crippen molar-refractivity contribution < 1.29 is 9.47 Å². The van der Waals surface area contributed by atoms with Gasteiger partial charge < -0.3 is 19.7 Å². The van der Waals surface area contributed by atoms with Gasteiger partial charge in [0.05, 0.1) is 13.7 Å². The van der Waals surface area contributed by atoms with Crippen LogP contribution >= 0.6 is 0 Å². The van der Waals surface area contributed by atoms with Crippen LogP contribution in [0.2, 0.25) is 0 Å². The van der Waals surface area contributed by atoms with Gasteiger partial charge in [-0.15, -0.1) is 0 Å². The van der Waals surface area contributed by atoms with E-state index in [-0.39, 0.29) is 0 Å². The lowest BCUT2D eigenvalue weighted by molar-refractivity contribution is 0.224. The molecule has 1 aromatic carbocycles. The highest BCUT2D eigenvalue weighted by atomic mass is 16.5. The fourth-order valence-electron chi connectivity index (χ4n) is 2.48. The van der Waals surface area contributed by atoms with Gasteiger partial charge in [0.15, 0.2) is 11.5 Å². The molecular weight excluding hydrogens is 264 g/mol. The first-order valence-corrected chi connectivity index (χ1v) is 7.66. The molecule has 0 saturated heterocycles. The quantitative estimate of drug-likeness (QED) is 0.759. The van der Waals surface area contributed by atoms with E-state index < -0.39 is 0 Å². The van der Waals surface area contributed by atoms with Crippen LogP contribution in [0.1, 0.15) is 26.3 Å². The summed E-state index contributed by atoms with van der Waals surface area (Å²) in [5.74, 6) is 2.23. The Morgan fingerprint density at radius 1 is 1.19 bits per heavy atom. The molecule has 0 aliphatic carbocycles. The van der Waals surface area contributed by atoms with Gasteiger partial charge in [-0.2, -0.15) is 0 Å². The standard InChI is InChI=1S/C17H30N2O2/c1-7-21-16-9-8-14(10-17(16)20-6)11-18-12-15(13(2)3)19(4)5/h8-10,13,15,18H,7,11-12H2,1-6H3. The highest BCUT2D eigenvalue weighted by Crippen LogP contribution is 2.27. The summed E-state index contributed by atoms with van der Waals surface area (Å²) in [4.78, 5) is 2.27. The maximum absolute atomic E-state index is 5.54. The van der Waals surface area contributed by atoms with Gasteiger partial charge in [-0.25, -0.2) is 0 Å². The highest BCUT2D eigenvalue weighted by Gasteiger charge is 2.15. The third-order valence-corrected chi connectivity index (χ3v) is 3.64. The summed E-state index contributed by atoms with van der Waals surface area (Å²) in [7, 11) is 5.94. The van der Waals surface area contributed by atoms with Gasteiger partial charge in [0.2, 0.25) is 0 Å². The molecule has 4 heteroatoms. The van der Waals surface area contributed by atoms with E-state index in [0.29, 0.717) is 18.6 Å². The summed E-state index contributed by atoms with van der Waals surface area (Å²) in [5, 5.41) is 3.53. The van der Waals surface area contributed by atoms with Crippen LogP contribution in [0.15, 0.2) is 18.2 Å². The Hall–Kier alpha value is -1.26. The van der Waals surface area contributed by atoms with Gasteiger partial charge in [0.1, 0.15) is 0 Å². The van der Waals surface area contributed by atoms with Crippen LogP contribution in [0, 0.1) is 5.92 Å². The van der Waals surface area contributed by atoms with E-state index in [0.717, 1.165) is 24.6 Å². The molecule has 0 amide bonds. The Labute approximate surface area is 129 Å². The van der Waals surface area contributed by atoms with Gasteiger partial charge in [0, 0.05) is 19.1 Å². The van der Waals surface area contributed by atoms with Gasteiger partial charge in [-0.3, -0.25) is 0 Å². The molecule has 0 heterocycles. The van der Waals surface area contributed by atoms with Crippen LogP contribution in [-0.4, -0.2) is 45.3 Å². The van der Waals surface area contributed by atoms with Crippen molar-refractivity contribution in [3.8, 4) is 11.5 Å². The average Bonchev–Trinajstić information content (AvgIpc) is 2.44. The maximum Gasteiger partial charge on any atom is 0.161 e. The largest absolute Gasteiger partial charge is 0.493 e. The number of nitrogens with one attached hydrogen (secondary N) is 1. The Kier molecular flexibility index (Phi) is 7.54. The Morgan fingerprint density at radius 3 is 2.43 bits per heavy atom. The zero-order chi connectivity index (χ0) is 15.8. The predicted octanol–water partition coefficient (Wildman–Crippen LogP) is 2.77. The minimum absolute atomic E-state index is 0.537. The van der Waals surface area contributed by atoms with Gasteiger partial charge in [0.25, 0.3) is 0 Å². The summed E-state index contributed by atoms with van der Waals surface area (Å²) in [6.45, 7) is 8.94. The van der Waals surface area contributed by atoms with Crippen molar-refractivity contribution in [1.29, 1.82) is 0 Å². The van der Waals surface area contributed by atoms with Crippen molar-refractivity contribution >= 4 is 0 Å². The molecule has 4 nitrogen and oxygen atoms in total. The minimum Gasteiger partial charge on any atom is -0.493 e. The molecule has 1 atom stereocenters. The molecular formula is C17H30N2O2. The number of nitrogens with zero attached hydrogens (tertiary/aromatic N) is 1. The third-order valence-electron chi connectivity index (χ3n) is 3.64. The first kappa shape index (κ1) is 17.8. The normalized spacial score (nSPS) is 12.8. The molecule has 0 saturated carbocycles. The molecule has 0 bridgehead atoms. The van der Waals surface area contributed by atoms with Crippen LogP contribution in [0.4, 0.5) is 0 Å². The van der Waals surface area contributed by atoms with Crippen LogP contribution < -0.4 is 14.8 Å². The second kappa shape index (κ2) is 8.90. The Balaban J connectivity index is 2.59. The number of benzene rings is 1. The monoisotopic (exact) mass is 294 g/mol. The van der Waals surface area contributed by atoms with Crippen molar-refractivity contribution in [2.45, 2.75) is 33.4 Å². The van der Waals surface area contributed by atoms with Crippen LogP contribution in [0.5, 0.6) is 11.5 Å². The van der Waals surface area contributed by atoms with Crippen molar-refractivity contribution in [3.05, 3.63) is 23.8 Å². The molecule has 1 N–H and O–H groups in total. The first-order valence-electron chi connectivity index (χ1n) is 7.66. The summed E-state index contributed by atoms with van der Waals surface area (Å²) < 4.78 is 10.9. The van der Waals surface area contributed by atoms with Crippen molar-refractivity contribution in [2.75, 3.05) is 34.4 Å². The number of likely N-dealkylation sites (N-methyl/N-ethyl adjacent to an activating group) is 1. The summed E-state index contributed by atoms with van der Waals surface area (Å²) in [5.41, 5.74) is 1.21. The number of methoxy groups -OCH3 is 1. The molecule has 21 heavy (non-hydrogen) atoms. The molecule has 1 unspecified atom stereocenters. The molecule has 0 fully saturated rings. The molecule has 120 valence electrons. The minimum atomic E-state index is 0.537. The van der Waals surface area contributed by atoms with E-state index in [9.17, 15) is 0 Å². The fourth-order valence-corrected chi connectivity index (χ4v) is 2.48. The maximum atomic E-state index is 5.54. The third kappa shape index (κ3) is 5.56. The second-order valence-corrected chi connectivity index (χ2v) is 5.82. The van der Waals surface area contributed by atoms with E-state index >= 15 is 0 Å². The summed E-state index contributed by atoms with van der Waals surface area (Å²) >= 11 is 0. The molecule has 0 spiro atoms. The lowest BCUT2D eigenvalue weighted by Crippen LogP contribution is -2.41. The number of hydrogen-bond donors (Lipinski definition) is 1. The van der Waals surface area contributed by atoms with E-state index in [2.05, 4.69) is 44.2 Å². The van der Waals surface area contributed by atoms with Crippen LogP contribution in [0.25, 0.3) is 0 Å². The zero-order valence-electron chi connectivity index (χ0n) is 14.3. The molecule has 1 rings (SSSR count). The fraction of sp³-hybridized carbons (Fsp3) is 0.647. The topological polar surface area (TPSA) is 33.7 Å². The summed E-state index contributed by atoms with van der Waals surface area (Å²) in [6.07, 6.45) is 0. The molecule has 0 aliphatic heterocycles. The first-order chi connectivity index (χ1) is 9.99. The number of rotatable bonds is 9. The summed E-state index contributed by atoms with van der Waals surface area (Å²) in [6, 6.07) is 6.64. The number of hydrogen-bond acceptors (Lipinski definition) is 4. The van der Waals surface area contributed by atoms with E-state index in [1.807, 2.05) is 19.1 Å². The SMILES string of the molecule is CCOc1ccc(CNCC(C(C)C)N(C)C)cc1OC. The van der Waals surface area contributed by atoms with Gasteiger partial charge >= 0.3 is 0 Å². The Bertz CT molecular complexity index is 411. The van der Waals surface area contributed by atoms with Crippen LogP contribution in [-0.2, 0) is 6.54 Å². The zero-order valence-corrected chi connectivity index (χ0v) is 14.3. The van der Waals surface area contributed by atoms with E-state index in [1.54, 1.807) is 7.11 Å². The van der Waals surface area contributed by atoms with E-state index in [1.165, 1.54) is 5.56 Å². The van der Waals surface area contributed by atoms with Crippen LogP contribution in [0.3, 0.4) is 0 Å². The van der Waals surface area contributed by atoms with E-state index in [4.69, 9.17) is 9.47 Å². The van der Waals surface area contributed by atoms with Gasteiger partial charge in [-0.1, -0.05) is 19.9 Å². The second-order valence-electron chi connectivity index (χ2n) is 5.82. The Morgan fingerprint density at radius 2 is 1.90 bits per heavy atom. The smallest absolute Gasteiger partial charge is 0.161 e. The lowest BCUT2D eigenvalue weighted by atomic mass is 10.0. The average molecular weight is 294 g/mol. The predicted molar refractivity (Wildman–Crippen MR) is 88.2 cm³/mol. The van der Waals surface area contributed by atoms with Crippen molar-refractivity contribution in [1.82, 2.24) is 10.2 Å². The molecule has 0 radical (unpaired) electrons. The molecule has 0 aliphatic rings.